The van der Waals surface area contributed by atoms with Crippen LogP contribution in [0, 0.1) is 0 Å². The summed E-state index contributed by atoms with van der Waals surface area (Å²) in [5.74, 6) is 0.570. The van der Waals surface area contributed by atoms with Gasteiger partial charge in [-0.3, -0.25) is 9.69 Å². The molecule has 1 saturated heterocycles. The molecule has 0 bridgehead atoms. The Morgan fingerprint density at radius 2 is 2.30 bits per heavy atom. The zero-order valence-electron chi connectivity index (χ0n) is 11.8. The van der Waals surface area contributed by atoms with Gasteiger partial charge >= 0.3 is 0 Å². The van der Waals surface area contributed by atoms with E-state index in [1.807, 2.05) is 0 Å². The molecule has 20 heavy (non-hydrogen) atoms. The normalized spacial score (nSPS) is 15.0. The highest BCUT2D eigenvalue weighted by Gasteiger charge is 2.24. The molecule has 2 rings (SSSR count). The van der Waals surface area contributed by atoms with Crippen LogP contribution < -0.4 is 15.4 Å². The number of ether oxygens (including phenoxy) is 1. The van der Waals surface area contributed by atoms with Crippen molar-refractivity contribution in [2.24, 2.45) is 0 Å². The Morgan fingerprint density at radius 3 is 2.80 bits per heavy atom. The van der Waals surface area contributed by atoms with Gasteiger partial charge in [0, 0.05) is 24.8 Å². The fraction of sp³-hybridized carbons (Fsp3) is 0.500. The van der Waals surface area contributed by atoms with Crippen molar-refractivity contribution in [3.63, 3.8) is 0 Å². The highest BCUT2D eigenvalue weighted by molar-refractivity contribution is 6.32. The van der Waals surface area contributed by atoms with E-state index in [2.05, 4.69) is 22.5 Å². The molecule has 0 aromatic heterocycles. The summed E-state index contributed by atoms with van der Waals surface area (Å²) in [6, 6.07) is 5.68. The lowest BCUT2D eigenvalue weighted by molar-refractivity contribution is -0.118. The predicted octanol–water partition coefficient (Wildman–Crippen LogP) is 1.58. The summed E-state index contributed by atoms with van der Waals surface area (Å²) in [5, 5.41) is 6.56. The number of halogens is 1. The number of benzene rings is 1. The summed E-state index contributed by atoms with van der Waals surface area (Å²) in [4.78, 5) is 14.2. The fourth-order valence-electron chi connectivity index (χ4n) is 2.16. The first kappa shape index (κ1) is 15.1. The molecular formula is C14H20ClN3O2. The van der Waals surface area contributed by atoms with Crippen LogP contribution in [0.3, 0.4) is 0 Å². The molecule has 1 aromatic rings. The second kappa shape index (κ2) is 6.92. The van der Waals surface area contributed by atoms with Crippen LogP contribution in [0.4, 0.5) is 5.69 Å². The molecule has 1 aromatic carbocycles. The maximum atomic E-state index is 12.0. The third-order valence-corrected chi connectivity index (χ3v) is 3.76. The Hall–Kier alpha value is -1.30. The van der Waals surface area contributed by atoms with Gasteiger partial charge in [-0.05, 0) is 24.7 Å². The summed E-state index contributed by atoms with van der Waals surface area (Å²) in [6.07, 6.45) is 0. The summed E-state index contributed by atoms with van der Waals surface area (Å²) in [7, 11) is 1.56. The summed E-state index contributed by atoms with van der Waals surface area (Å²) in [6.45, 7) is 5.23. The Kier molecular flexibility index (Phi) is 5.23. The number of methoxy groups -OCH3 is 1. The van der Waals surface area contributed by atoms with E-state index in [0.29, 0.717) is 29.0 Å². The zero-order valence-corrected chi connectivity index (χ0v) is 12.5. The van der Waals surface area contributed by atoms with E-state index < -0.39 is 0 Å². The Bertz CT molecular complexity index is 477. The van der Waals surface area contributed by atoms with Crippen molar-refractivity contribution in [3.05, 3.63) is 23.2 Å². The average molecular weight is 298 g/mol. The SMILES string of the molecule is CCN(CC(=O)Nc1ccc(OC)c(Cl)c1)C1CNC1. The first-order valence-corrected chi connectivity index (χ1v) is 7.10. The fourth-order valence-corrected chi connectivity index (χ4v) is 2.42. The van der Waals surface area contributed by atoms with Crippen molar-refractivity contribution in [1.29, 1.82) is 0 Å². The minimum atomic E-state index is -0.0278. The number of amides is 1. The molecule has 0 radical (unpaired) electrons. The van der Waals surface area contributed by atoms with Crippen LogP contribution in [-0.4, -0.2) is 50.1 Å². The second-order valence-corrected chi connectivity index (χ2v) is 5.18. The van der Waals surface area contributed by atoms with Gasteiger partial charge in [-0.15, -0.1) is 0 Å². The van der Waals surface area contributed by atoms with Gasteiger partial charge in [0.15, 0.2) is 0 Å². The summed E-state index contributed by atoms with van der Waals surface area (Å²) in [5.41, 5.74) is 0.684. The number of hydrogen-bond donors (Lipinski definition) is 2. The summed E-state index contributed by atoms with van der Waals surface area (Å²) >= 11 is 6.03. The number of rotatable bonds is 6. The van der Waals surface area contributed by atoms with Crippen molar-refractivity contribution in [3.8, 4) is 5.75 Å². The van der Waals surface area contributed by atoms with Crippen LogP contribution in [0.5, 0.6) is 5.75 Å². The average Bonchev–Trinajstić information content (AvgIpc) is 2.36. The molecule has 110 valence electrons. The molecule has 0 aliphatic carbocycles. The van der Waals surface area contributed by atoms with Gasteiger partial charge in [0.1, 0.15) is 5.75 Å². The molecule has 0 spiro atoms. The van der Waals surface area contributed by atoms with Crippen molar-refractivity contribution in [1.82, 2.24) is 10.2 Å². The molecule has 1 aliphatic heterocycles. The van der Waals surface area contributed by atoms with E-state index >= 15 is 0 Å². The number of carbonyl (C=O) groups excluding carboxylic acids is 1. The van der Waals surface area contributed by atoms with Crippen molar-refractivity contribution < 1.29 is 9.53 Å². The molecule has 2 N–H and O–H groups in total. The van der Waals surface area contributed by atoms with Gasteiger partial charge in [-0.1, -0.05) is 18.5 Å². The molecule has 1 amide bonds. The lowest BCUT2D eigenvalue weighted by Gasteiger charge is -2.37. The number of likely N-dealkylation sites (N-methyl/N-ethyl adjacent to an activating group) is 1. The van der Waals surface area contributed by atoms with Crippen LogP contribution >= 0.6 is 11.6 Å². The molecule has 5 nitrogen and oxygen atoms in total. The highest BCUT2D eigenvalue weighted by atomic mass is 35.5. The number of nitrogens with one attached hydrogen (secondary N) is 2. The maximum absolute atomic E-state index is 12.0. The van der Waals surface area contributed by atoms with Crippen molar-refractivity contribution >= 4 is 23.2 Å². The van der Waals surface area contributed by atoms with Crippen LogP contribution in [-0.2, 0) is 4.79 Å². The molecule has 1 fully saturated rings. The molecule has 6 heteroatoms. The monoisotopic (exact) mass is 297 g/mol. The zero-order chi connectivity index (χ0) is 14.5. The third kappa shape index (κ3) is 3.62. The smallest absolute Gasteiger partial charge is 0.238 e. The molecule has 1 heterocycles. The molecule has 0 saturated carbocycles. The van der Waals surface area contributed by atoms with Crippen LogP contribution in [0.1, 0.15) is 6.92 Å². The van der Waals surface area contributed by atoms with Gasteiger partial charge in [-0.25, -0.2) is 0 Å². The van der Waals surface area contributed by atoms with E-state index in [1.165, 1.54) is 0 Å². The lowest BCUT2D eigenvalue weighted by Crippen LogP contribution is -2.58. The molecular weight excluding hydrogens is 278 g/mol. The molecule has 0 unspecified atom stereocenters. The minimum Gasteiger partial charge on any atom is -0.495 e. The van der Waals surface area contributed by atoms with Crippen LogP contribution in [0.25, 0.3) is 0 Å². The third-order valence-electron chi connectivity index (χ3n) is 3.46. The first-order valence-electron chi connectivity index (χ1n) is 6.72. The van der Waals surface area contributed by atoms with Gasteiger partial charge in [0.05, 0.1) is 18.7 Å². The minimum absolute atomic E-state index is 0.0278. The van der Waals surface area contributed by atoms with E-state index in [9.17, 15) is 4.79 Å². The Labute approximate surface area is 124 Å². The number of carbonyl (C=O) groups is 1. The topological polar surface area (TPSA) is 53.6 Å². The van der Waals surface area contributed by atoms with Gasteiger partial charge in [0.25, 0.3) is 0 Å². The van der Waals surface area contributed by atoms with Crippen molar-refractivity contribution in [2.45, 2.75) is 13.0 Å². The number of nitrogens with zero attached hydrogens (tertiary/aromatic N) is 1. The van der Waals surface area contributed by atoms with Gasteiger partial charge in [0.2, 0.25) is 5.91 Å². The van der Waals surface area contributed by atoms with E-state index in [1.54, 1.807) is 25.3 Å². The lowest BCUT2D eigenvalue weighted by atomic mass is 10.1. The van der Waals surface area contributed by atoms with Gasteiger partial charge < -0.3 is 15.4 Å². The number of anilines is 1. The predicted molar refractivity (Wildman–Crippen MR) is 80.5 cm³/mol. The van der Waals surface area contributed by atoms with E-state index in [0.717, 1.165) is 19.6 Å². The highest BCUT2D eigenvalue weighted by Crippen LogP contribution is 2.27. The molecule has 1 aliphatic rings. The quantitative estimate of drug-likeness (QED) is 0.837. The van der Waals surface area contributed by atoms with E-state index in [4.69, 9.17) is 16.3 Å². The van der Waals surface area contributed by atoms with E-state index in [-0.39, 0.29) is 5.91 Å². The Balaban J connectivity index is 1.91. The maximum Gasteiger partial charge on any atom is 0.238 e. The van der Waals surface area contributed by atoms with Crippen LogP contribution in [0.15, 0.2) is 18.2 Å². The summed E-state index contributed by atoms with van der Waals surface area (Å²) < 4.78 is 5.08. The number of hydrogen-bond acceptors (Lipinski definition) is 4. The second-order valence-electron chi connectivity index (χ2n) is 4.77. The largest absolute Gasteiger partial charge is 0.495 e. The van der Waals surface area contributed by atoms with Crippen molar-refractivity contribution in [2.75, 3.05) is 38.6 Å². The standard InChI is InChI=1S/C14H20ClN3O2/c1-3-18(11-7-16-8-11)9-14(19)17-10-4-5-13(20-2)12(15)6-10/h4-6,11,16H,3,7-9H2,1-2H3,(H,17,19). The molecule has 0 atom stereocenters. The van der Waals surface area contributed by atoms with Gasteiger partial charge in [-0.2, -0.15) is 0 Å². The Morgan fingerprint density at radius 1 is 1.55 bits per heavy atom. The van der Waals surface area contributed by atoms with Crippen LogP contribution in [0.2, 0.25) is 5.02 Å². The first-order chi connectivity index (χ1) is 9.63.